The van der Waals surface area contributed by atoms with Crippen LogP contribution in [0.4, 0.5) is 11.9 Å². The van der Waals surface area contributed by atoms with Crippen LogP contribution in [-0.4, -0.2) is 70.0 Å². The first-order chi connectivity index (χ1) is 14.3. The Morgan fingerprint density at radius 3 is 2.10 bits per heavy atom. The molecule has 2 aromatic heterocycles. The number of hydrogen-bond acceptors (Lipinski definition) is 7. The van der Waals surface area contributed by atoms with Crippen LogP contribution < -0.4 is 9.80 Å². The van der Waals surface area contributed by atoms with E-state index < -0.39 is 0 Å². The van der Waals surface area contributed by atoms with Gasteiger partial charge in [-0.05, 0) is 31.4 Å². The van der Waals surface area contributed by atoms with Gasteiger partial charge < -0.3 is 14.7 Å². The third-order valence-electron chi connectivity index (χ3n) is 6.77. The van der Waals surface area contributed by atoms with Crippen molar-refractivity contribution in [3.05, 3.63) is 36.9 Å². The molecular weight excluding hydrogens is 366 g/mol. The summed E-state index contributed by atoms with van der Waals surface area (Å²) in [6.45, 7) is 4.81. The molecule has 1 amide bonds. The van der Waals surface area contributed by atoms with Crippen LogP contribution >= 0.6 is 0 Å². The molecule has 8 nitrogen and oxygen atoms in total. The van der Waals surface area contributed by atoms with Crippen molar-refractivity contribution >= 4 is 17.8 Å². The summed E-state index contributed by atoms with van der Waals surface area (Å²) in [7, 11) is 0. The van der Waals surface area contributed by atoms with Gasteiger partial charge in [0.05, 0.1) is 5.92 Å². The molecule has 1 atom stereocenters. The SMILES string of the molecule is O=C(C1CN(c2ncccn2)CC12CCC2)N1CCCN(c2ncccn2)CC1. The largest absolute Gasteiger partial charge is 0.341 e. The molecule has 2 aromatic rings. The zero-order valence-corrected chi connectivity index (χ0v) is 16.7. The molecule has 3 fully saturated rings. The zero-order chi connectivity index (χ0) is 19.7. The monoisotopic (exact) mass is 393 g/mol. The van der Waals surface area contributed by atoms with E-state index in [0.29, 0.717) is 5.91 Å². The molecule has 152 valence electrons. The van der Waals surface area contributed by atoms with Crippen molar-refractivity contribution in [3.8, 4) is 0 Å². The molecule has 0 aromatic carbocycles. The van der Waals surface area contributed by atoms with E-state index in [1.807, 2.05) is 12.1 Å². The third kappa shape index (κ3) is 3.41. The fraction of sp³-hybridized carbons (Fsp3) is 0.571. The van der Waals surface area contributed by atoms with Crippen molar-refractivity contribution in [2.75, 3.05) is 49.1 Å². The normalized spacial score (nSPS) is 23.7. The van der Waals surface area contributed by atoms with Crippen LogP contribution in [0, 0.1) is 11.3 Å². The van der Waals surface area contributed by atoms with Crippen LogP contribution in [-0.2, 0) is 4.79 Å². The van der Waals surface area contributed by atoms with Crippen LogP contribution in [0.5, 0.6) is 0 Å². The maximum Gasteiger partial charge on any atom is 0.228 e. The van der Waals surface area contributed by atoms with E-state index >= 15 is 0 Å². The number of nitrogens with zero attached hydrogens (tertiary/aromatic N) is 7. The first kappa shape index (κ1) is 18.3. The Bertz CT molecular complexity index is 843. The molecule has 1 spiro atoms. The zero-order valence-electron chi connectivity index (χ0n) is 16.7. The topological polar surface area (TPSA) is 78.4 Å². The molecular formula is C21H27N7O. The highest BCUT2D eigenvalue weighted by Gasteiger charge is 2.54. The minimum absolute atomic E-state index is 0.0413. The quantitative estimate of drug-likeness (QED) is 0.784. The number of hydrogen-bond donors (Lipinski definition) is 0. The fourth-order valence-corrected chi connectivity index (χ4v) is 5.07. The second-order valence-corrected chi connectivity index (χ2v) is 8.41. The average molecular weight is 393 g/mol. The summed E-state index contributed by atoms with van der Waals surface area (Å²) in [5.74, 6) is 1.85. The Hall–Kier alpha value is -2.77. The van der Waals surface area contributed by atoms with E-state index in [2.05, 4.69) is 34.6 Å². The highest BCUT2D eigenvalue weighted by atomic mass is 16.2. The minimum atomic E-state index is 0.0413. The minimum Gasteiger partial charge on any atom is -0.341 e. The summed E-state index contributed by atoms with van der Waals surface area (Å²) in [6.07, 6.45) is 11.5. The maximum atomic E-state index is 13.6. The van der Waals surface area contributed by atoms with Gasteiger partial charge in [-0.3, -0.25) is 4.79 Å². The summed E-state index contributed by atoms with van der Waals surface area (Å²) in [5, 5.41) is 0. The molecule has 1 aliphatic carbocycles. The van der Waals surface area contributed by atoms with Crippen LogP contribution in [0.2, 0.25) is 0 Å². The molecule has 1 unspecified atom stereocenters. The Labute approximate surface area is 171 Å². The van der Waals surface area contributed by atoms with Crippen molar-refractivity contribution in [2.45, 2.75) is 25.7 Å². The van der Waals surface area contributed by atoms with Gasteiger partial charge in [-0.2, -0.15) is 0 Å². The molecule has 1 saturated carbocycles. The first-order valence-electron chi connectivity index (χ1n) is 10.6. The highest BCUT2D eigenvalue weighted by Crippen LogP contribution is 2.52. The Morgan fingerprint density at radius 1 is 0.828 bits per heavy atom. The Balaban J connectivity index is 1.29. The van der Waals surface area contributed by atoms with Crippen molar-refractivity contribution < 1.29 is 4.79 Å². The van der Waals surface area contributed by atoms with E-state index in [4.69, 9.17) is 0 Å². The van der Waals surface area contributed by atoms with Gasteiger partial charge in [0.25, 0.3) is 0 Å². The molecule has 4 heterocycles. The van der Waals surface area contributed by atoms with Gasteiger partial charge in [-0.25, -0.2) is 19.9 Å². The summed E-state index contributed by atoms with van der Waals surface area (Å²) >= 11 is 0. The van der Waals surface area contributed by atoms with E-state index in [-0.39, 0.29) is 11.3 Å². The lowest BCUT2D eigenvalue weighted by Crippen LogP contribution is -2.47. The standard InChI is InChI=1S/C21H27N7O/c29-18(26-11-4-12-27(14-13-26)19-22-7-2-8-23-19)17-15-28(16-21(17)5-1-6-21)20-24-9-3-10-25-20/h2-3,7-10,17H,1,4-6,11-16H2. The number of anilines is 2. The van der Waals surface area contributed by atoms with Crippen LogP contribution in [0.25, 0.3) is 0 Å². The summed E-state index contributed by atoms with van der Waals surface area (Å²) in [6, 6.07) is 3.66. The smallest absolute Gasteiger partial charge is 0.228 e. The molecule has 8 heteroatoms. The lowest BCUT2D eigenvalue weighted by molar-refractivity contribution is -0.140. The number of aromatic nitrogens is 4. The van der Waals surface area contributed by atoms with Crippen molar-refractivity contribution in [2.24, 2.45) is 11.3 Å². The van der Waals surface area contributed by atoms with E-state index in [9.17, 15) is 4.79 Å². The molecule has 0 radical (unpaired) electrons. The first-order valence-corrected chi connectivity index (χ1v) is 10.6. The number of carbonyl (C=O) groups excluding carboxylic acids is 1. The van der Waals surface area contributed by atoms with Crippen molar-refractivity contribution in [1.29, 1.82) is 0 Å². The third-order valence-corrected chi connectivity index (χ3v) is 6.77. The lowest BCUT2D eigenvalue weighted by atomic mass is 9.62. The van der Waals surface area contributed by atoms with Gasteiger partial charge in [-0.15, -0.1) is 0 Å². The Kier molecular flexibility index (Phi) is 4.77. The summed E-state index contributed by atoms with van der Waals surface area (Å²) < 4.78 is 0. The highest BCUT2D eigenvalue weighted by molar-refractivity contribution is 5.81. The Morgan fingerprint density at radius 2 is 1.48 bits per heavy atom. The molecule has 0 N–H and O–H groups in total. The summed E-state index contributed by atoms with van der Waals surface area (Å²) in [5.41, 5.74) is 0.102. The second kappa shape index (κ2) is 7.57. The van der Waals surface area contributed by atoms with E-state index in [0.717, 1.165) is 70.4 Å². The van der Waals surface area contributed by atoms with Crippen molar-refractivity contribution in [3.63, 3.8) is 0 Å². The molecule has 2 aliphatic heterocycles. The van der Waals surface area contributed by atoms with Gasteiger partial charge in [0.15, 0.2) is 0 Å². The predicted molar refractivity (Wildman–Crippen MR) is 109 cm³/mol. The van der Waals surface area contributed by atoms with E-state index in [1.165, 1.54) is 6.42 Å². The van der Waals surface area contributed by atoms with Gasteiger partial charge in [-0.1, -0.05) is 6.42 Å². The summed E-state index contributed by atoms with van der Waals surface area (Å²) in [4.78, 5) is 37.6. The molecule has 3 aliphatic rings. The maximum absolute atomic E-state index is 13.6. The van der Waals surface area contributed by atoms with Gasteiger partial charge >= 0.3 is 0 Å². The van der Waals surface area contributed by atoms with Crippen LogP contribution in [0.1, 0.15) is 25.7 Å². The second-order valence-electron chi connectivity index (χ2n) is 8.41. The molecule has 29 heavy (non-hydrogen) atoms. The number of carbonyl (C=O) groups is 1. The molecule has 0 bridgehead atoms. The van der Waals surface area contributed by atoms with Crippen LogP contribution in [0.15, 0.2) is 36.9 Å². The van der Waals surface area contributed by atoms with E-state index in [1.54, 1.807) is 24.8 Å². The van der Waals surface area contributed by atoms with Gasteiger partial charge in [0.1, 0.15) is 0 Å². The number of amides is 1. The lowest BCUT2D eigenvalue weighted by Gasteiger charge is -2.43. The van der Waals surface area contributed by atoms with Crippen molar-refractivity contribution in [1.82, 2.24) is 24.8 Å². The fourth-order valence-electron chi connectivity index (χ4n) is 5.07. The average Bonchev–Trinajstić information content (AvgIpc) is 3.01. The number of rotatable bonds is 3. The van der Waals surface area contributed by atoms with Crippen LogP contribution in [0.3, 0.4) is 0 Å². The predicted octanol–water partition coefficient (Wildman–Crippen LogP) is 1.61. The van der Waals surface area contributed by atoms with Gasteiger partial charge in [0, 0.05) is 69.5 Å². The molecule has 5 rings (SSSR count). The molecule has 2 saturated heterocycles. The van der Waals surface area contributed by atoms with Gasteiger partial charge in [0.2, 0.25) is 17.8 Å².